The standard InChI is InChI=1S/C9H11NO2S/c1-3-12-9(11)7-4-5-8(13)10-6(7)2/h4-5H,3H2,1-2H3,(H,10,13). The second-order valence-electron chi connectivity index (χ2n) is 2.58. The minimum Gasteiger partial charge on any atom is -0.462 e. The number of aryl methyl sites for hydroxylation is 1. The summed E-state index contributed by atoms with van der Waals surface area (Å²) in [5.41, 5.74) is 1.28. The van der Waals surface area contributed by atoms with Crippen LogP contribution in [-0.2, 0) is 4.74 Å². The first-order valence-corrected chi connectivity index (χ1v) is 4.43. The summed E-state index contributed by atoms with van der Waals surface area (Å²) >= 11 is 4.90. The van der Waals surface area contributed by atoms with Crippen molar-refractivity contribution in [1.82, 2.24) is 4.98 Å². The molecule has 0 unspecified atom stereocenters. The molecule has 0 aliphatic heterocycles. The van der Waals surface area contributed by atoms with Gasteiger partial charge in [0.25, 0.3) is 0 Å². The molecule has 0 aliphatic rings. The van der Waals surface area contributed by atoms with Crippen LogP contribution in [0.25, 0.3) is 0 Å². The van der Waals surface area contributed by atoms with Crippen molar-refractivity contribution in [2.45, 2.75) is 13.8 Å². The maximum atomic E-state index is 11.3. The lowest BCUT2D eigenvalue weighted by molar-refractivity contribution is 0.0525. The zero-order chi connectivity index (χ0) is 9.84. The molecular weight excluding hydrogens is 186 g/mol. The Morgan fingerprint density at radius 2 is 2.31 bits per heavy atom. The van der Waals surface area contributed by atoms with Crippen LogP contribution >= 0.6 is 12.2 Å². The lowest BCUT2D eigenvalue weighted by Gasteiger charge is -2.04. The molecule has 0 spiro atoms. The molecule has 1 aromatic rings. The highest BCUT2D eigenvalue weighted by Crippen LogP contribution is 2.06. The molecule has 0 saturated heterocycles. The highest BCUT2D eigenvalue weighted by atomic mass is 32.1. The number of rotatable bonds is 2. The van der Waals surface area contributed by atoms with E-state index in [1.54, 1.807) is 26.0 Å². The first-order valence-electron chi connectivity index (χ1n) is 4.02. The molecule has 0 fully saturated rings. The van der Waals surface area contributed by atoms with Gasteiger partial charge in [0.1, 0.15) is 4.64 Å². The van der Waals surface area contributed by atoms with Gasteiger partial charge in [0.15, 0.2) is 0 Å². The molecule has 0 saturated carbocycles. The molecule has 3 nitrogen and oxygen atoms in total. The first kappa shape index (κ1) is 9.92. The fourth-order valence-corrected chi connectivity index (χ4v) is 1.23. The highest BCUT2D eigenvalue weighted by molar-refractivity contribution is 7.71. The van der Waals surface area contributed by atoms with E-state index in [4.69, 9.17) is 17.0 Å². The van der Waals surface area contributed by atoms with Crippen molar-refractivity contribution >= 4 is 18.2 Å². The van der Waals surface area contributed by atoms with Crippen molar-refractivity contribution in [2.75, 3.05) is 6.61 Å². The number of ether oxygens (including phenoxy) is 1. The van der Waals surface area contributed by atoms with Gasteiger partial charge in [-0.1, -0.05) is 12.2 Å². The third-order valence-corrected chi connectivity index (χ3v) is 1.85. The Balaban J connectivity index is 3.02. The van der Waals surface area contributed by atoms with Crippen molar-refractivity contribution in [2.24, 2.45) is 0 Å². The van der Waals surface area contributed by atoms with Gasteiger partial charge in [-0.25, -0.2) is 4.79 Å². The van der Waals surface area contributed by atoms with Crippen LogP contribution in [0.5, 0.6) is 0 Å². The average molecular weight is 197 g/mol. The summed E-state index contributed by atoms with van der Waals surface area (Å²) in [6, 6.07) is 3.35. The molecule has 0 aliphatic carbocycles. The Kier molecular flexibility index (Phi) is 3.19. The lowest BCUT2D eigenvalue weighted by Crippen LogP contribution is -2.07. The van der Waals surface area contributed by atoms with E-state index in [0.717, 1.165) is 5.69 Å². The molecular formula is C9H11NO2S. The Morgan fingerprint density at radius 3 is 2.85 bits per heavy atom. The van der Waals surface area contributed by atoms with Crippen LogP contribution in [0.3, 0.4) is 0 Å². The monoisotopic (exact) mass is 197 g/mol. The number of pyridine rings is 1. The van der Waals surface area contributed by atoms with Gasteiger partial charge in [-0.05, 0) is 26.0 Å². The topological polar surface area (TPSA) is 42.1 Å². The average Bonchev–Trinajstić information content (AvgIpc) is 2.04. The fourth-order valence-electron chi connectivity index (χ4n) is 1.01. The van der Waals surface area contributed by atoms with Gasteiger partial charge in [0.2, 0.25) is 0 Å². The maximum Gasteiger partial charge on any atom is 0.339 e. The summed E-state index contributed by atoms with van der Waals surface area (Å²) in [6.07, 6.45) is 0. The van der Waals surface area contributed by atoms with Crippen LogP contribution in [0.15, 0.2) is 12.1 Å². The number of H-pyrrole nitrogens is 1. The second kappa shape index (κ2) is 4.18. The van der Waals surface area contributed by atoms with E-state index in [1.807, 2.05) is 0 Å². The molecule has 1 N–H and O–H groups in total. The van der Waals surface area contributed by atoms with E-state index in [2.05, 4.69) is 4.98 Å². The summed E-state index contributed by atoms with van der Waals surface area (Å²) in [7, 11) is 0. The van der Waals surface area contributed by atoms with Crippen molar-refractivity contribution in [3.05, 3.63) is 28.0 Å². The number of hydrogen-bond donors (Lipinski definition) is 1. The van der Waals surface area contributed by atoms with Crippen molar-refractivity contribution in [3.8, 4) is 0 Å². The number of carbonyl (C=O) groups is 1. The number of nitrogens with one attached hydrogen (secondary N) is 1. The molecule has 0 aromatic carbocycles. The lowest BCUT2D eigenvalue weighted by atomic mass is 10.2. The number of aromatic amines is 1. The van der Waals surface area contributed by atoms with Crippen LogP contribution in [0.2, 0.25) is 0 Å². The quantitative estimate of drug-likeness (QED) is 0.584. The van der Waals surface area contributed by atoms with Crippen LogP contribution in [0, 0.1) is 11.6 Å². The largest absolute Gasteiger partial charge is 0.462 e. The second-order valence-corrected chi connectivity index (χ2v) is 3.02. The molecule has 0 amide bonds. The van der Waals surface area contributed by atoms with Crippen LogP contribution in [-0.4, -0.2) is 17.6 Å². The smallest absolute Gasteiger partial charge is 0.339 e. The van der Waals surface area contributed by atoms with Gasteiger partial charge in [-0.2, -0.15) is 0 Å². The van der Waals surface area contributed by atoms with E-state index < -0.39 is 0 Å². The predicted octanol–water partition coefficient (Wildman–Crippen LogP) is 2.23. The van der Waals surface area contributed by atoms with Gasteiger partial charge in [-0.15, -0.1) is 0 Å². The number of hydrogen-bond acceptors (Lipinski definition) is 3. The van der Waals surface area contributed by atoms with E-state index >= 15 is 0 Å². The van der Waals surface area contributed by atoms with Crippen molar-refractivity contribution in [1.29, 1.82) is 0 Å². The van der Waals surface area contributed by atoms with Crippen LogP contribution < -0.4 is 0 Å². The van der Waals surface area contributed by atoms with Gasteiger partial charge in [-0.3, -0.25) is 0 Å². The fraction of sp³-hybridized carbons (Fsp3) is 0.333. The number of aromatic nitrogens is 1. The molecule has 1 aromatic heterocycles. The molecule has 70 valence electrons. The minimum absolute atomic E-state index is 0.314. The zero-order valence-electron chi connectivity index (χ0n) is 7.59. The van der Waals surface area contributed by atoms with E-state index in [0.29, 0.717) is 16.8 Å². The molecule has 0 radical (unpaired) electrons. The summed E-state index contributed by atoms with van der Waals surface area (Å²) in [5.74, 6) is -0.314. The Morgan fingerprint density at radius 1 is 1.62 bits per heavy atom. The number of carbonyl (C=O) groups excluding carboxylic acids is 1. The minimum atomic E-state index is -0.314. The molecule has 13 heavy (non-hydrogen) atoms. The summed E-state index contributed by atoms with van der Waals surface area (Å²) < 4.78 is 5.47. The summed E-state index contributed by atoms with van der Waals surface area (Å²) in [5, 5.41) is 0. The van der Waals surface area contributed by atoms with Gasteiger partial charge < -0.3 is 9.72 Å². The highest BCUT2D eigenvalue weighted by Gasteiger charge is 2.08. The Bertz CT molecular complexity index is 370. The molecule has 1 heterocycles. The Hall–Kier alpha value is -1.16. The van der Waals surface area contributed by atoms with Crippen LogP contribution in [0.1, 0.15) is 23.0 Å². The summed E-state index contributed by atoms with van der Waals surface area (Å²) in [4.78, 5) is 14.2. The van der Waals surface area contributed by atoms with E-state index in [9.17, 15) is 4.79 Å². The van der Waals surface area contributed by atoms with Crippen molar-refractivity contribution in [3.63, 3.8) is 0 Å². The first-order chi connectivity index (χ1) is 6.15. The van der Waals surface area contributed by atoms with E-state index in [1.165, 1.54) is 0 Å². The molecule has 0 bridgehead atoms. The van der Waals surface area contributed by atoms with Gasteiger partial charge in [0.05, 0.1) is 12.2 Å². The predicted molar refractivity (Wildman–Crippen MR) is 52.3 cm³/mol. The van der Waals surface area contributed by atoms with Gasteiger partial charge >= 0.3 is 5.97 Å². The SMILES string of the molecule is CCOC(=O)c1ccc(=S)[nH]c1C. The van der Waals surface area contributed by atoms with Gasteiger partial charge in [0, 0.05) is 5.69 Å². The normalized spacial score (nSPS) is 9.69. The van der Waals surface area contributed by atoms with Crippen molar-refractivity contribution < 1.29 is 9.53 Å². The molecule has 0 atom stereocenters. The maximum absolute atomic E-state index is 11.3. The number of esters is 1. The molecule has 1 rings (SSSR count). The third-order valence-electron chi connectivity index (χ3n) is 1.61. The zero-order valence-corrected chi connectivity index (χ0v) is 8.40. The Labute approximate surface area is 81.7 Å². The summed E-state index contributed by atoms with van der Waals surface area (Å²) in [6.45, 7) is 3.95. The molecule has 4 heteroatoms. The van der Waals surface area contributed by atoms with Crippen LogP contribution in [0.4, 0.5) is 0 Å². The third kappa shape index (κ3) is 2.39. The van der Waals surface area contributed by atoms with E-state index in [-0.39, 0.29) is 5.97 Å².